The number of tetrazole rings is 1. The SMILES string of the molecule is CCC(Nc1nnnn1-c1ccccc1)C(=O)NCC(N)c1ccccc1. The van der Waals surface area contributed by atoms with Crippen LogP contribution in [0.25, 0.3) is 5.69 Å². The lowest BCUT2D eigenvalue weighted by atomic mass is 10.1. The highest BCUT2D eigenvalue weighted by molar-refractivity contribution is 5.84. The Kier molecular flexibility index (Phi) is 6.11. The number of para-hydroxylation sites is 1. The number of anilines is 1. The van der Waals surface area contributed by atoms with Crippen molar-refractivity contribution in [2.45, 2.75) is 25.4 Å². The van der Waals surface area contributed by atoms with Gasteiger partial charge in [0.25, 0.3) is 0 Å². The average molecular weight is 365 g/mol. The molecular formula is C19H23N7O. The van der Waals surface area contributed by atoms with Crippen LogP contribution >= 0.6 is 0 Å². The van der Waals surface area contributed by atoms with E-state index in [4.69, 9.17) is 5.73 Å². The molecule has 4 N–H and O–H groups in total. The first kappa shape index (κ1) is 18.5. The Morgan fingerprint density at radius 3 is 2.44 bits per heavy atom. The molecule has 0 aliphatic carbocycles. The fourth-order valence-electron chi connectivity index (χ4n) is 2.68. The number of nitrogens with two attached hydrogens (primary N) is 1. The summed E-state index contributed by atoms with van der Waals surface area (Å²) in [5, 5.41) is 17.7. The zero-order valence-corrected chi connectivity index (χ0v) is 15.1. The molecule has 0 saturated carbocycles. The van der Waals surface area contributed by atoms with E-state index >= 15 is 0 Å². The van der Waals surface area contributed by atoms with Crippen LogP contribution in [0.2, 0.25) is 0 Å². The van der Waals surface area contributed by atoms with Gasteiger partial charge in [0, 0.05) is 12.6 Å². The highest BCUT2D eigenvalue weighted by Crippen LogP contribution is 2.13. The van der Waals surface area contributed by atoms with Gasteiger partial charge >= 0.3 is 0 Å². The van der Waals surface area contributed by atoms with Crippen LogP contribution in [0.1, 0.15) is 24.9 Å². The van der Waals surface area contributed by atoms with Crippen LogP contribution < -0.4 is 16.4 Å². The van der Waals surface area contributed by atoms with Crippen LogP contribution in [0.15, 0.2) is 60.7 Å². The molecule has 1 aromatic heterocycles. The Bertz CT molecular complexity index is 851. The minimum Gasteiger partial charge on any atom is -0.352 e. The Hall–Kier alpha value is -3.26. The lowest BCUT2D eigenvalue weighted by Crippen LogP contribution is -2.42. The van der Waals surface area contributed by atoms with Gasteiger partial charge in [-0.1, -0.05) is 60.6 Å². The smallest absolute Gasteiger partial charge is 0.248 e. The molecule has 1 heterocycles. The topological polar surface area (TPSA) is 111 Å². The normalized spacial score (nSPS) is 13.0. The van der Waals surface area contributed by atoms with E-state index in [9.17, 15) is 4.79 Å². The summed E-state index contributed by atoms with van der Waals surface area (Å²) < 4.78 is 1.56. The van der Waals surface area contributed by atoms with Gasteiger partial charge in [0.2, 0.25) is 11.9 Å². The van der Waals surface area contributed by atoms with Crippen molar-refractivity contribution >= 4 is 11.9 Å². The molecule has 0 radical (unpaired) electrons. The van der Waals surface area contributed by atoms with Gasteiger partial charge in [-0.2, -0.15) is 4.68 Å². The lowest BCUT2D eigenvalue weighted by molar-refractivity contribution is -0.122. The molecule has 2 unspecified atom stereocenters. The molecule has 140 valence electrons. The van der Waals surface area contributed by atoms with Crippen LogP contribution in [-0.4, -0.2) is 38.7 Å². The van der Waals surface area contributed by atoms with Crippen molar-refractivity contribution in [3.63, 3.8) is 0 Å². The van der Waals surface area contributed by atoms with E-state index in [0.717, 1.165) is 11.3 Å². The summed E-state index contributed by atoms with van der Waals surface area (Å²) in [5.74, 6) is 0.266. The van der Waals surface area contributed by atoms with Gasteiger partial charge < -0.3 is 16.4 Å². The van der Waals surface area contributed by atoms with Crippen LogP contribution in [0, 0.1) is 0 Å². The molecular weight excluding hydrogens is 342 g/mol. The number of carbonyl (C=O) groups excluding carboxylic acids is 1. The predicted molar refractivity (Wildman–Crippen MR) is 103 cm³/mol. The predicted octanol–water partition coefficient (Wildman–Crippen LogP) is 1.67. The van der Waals surface area contributed by atoms with E-state index in [-0.39, 0.29) is 11.9 Å². The zero-order chi connectivity index (χ0) is 19.1. The van der Waals surface area contributed by atoms with E-state index in [2.05, 4.69) is 26.2 Å². The minimum atomic E-state index is -0.471. The summed E-state index contributed by atoms with van der Waals surface area (Å²) in [5.41, 5.74) is 7.94. The molecule has 27 heavy (non-hydrogen) atoms. The third-order valence-electron chi connectivity index (χ3n) is 4.22. The van der Waals surface area contributed by atoms with Gasteiger partial charge in [0.15, 0.2) is 0 Å². The van der Waals surface area contributed by atoms with Crippen molar-refractivity contribution in [1.82, 2.24) is 25.5 Å². The number of hydrogen-bond acceptors (Lipinski definition) is 6. The second-order valence-corrected chi connectivity index (χ2v) is 6.12. The van der Waals surface area contributed by atoms with Gasteiger partial charge in [-0.15, -0.1) is 0 Å². The molecule has 0 spiro atoms. The summed E-state index contributed by atoms with van der Waals surface area (Å²) >= 11 is 0. The van der Waals surface area contributed by atoms with Crippen molar-refractivity contribution in [3.8, 4) is 5.69 Å². The largest absolute Gasteiger partial charge is 0.352 e. The molecule has 3 aromatic rings. The number of nitrogens with one attached hydrogen (secondary N) is 2. The molecule has 2 aromatic carbocycles. The molecule has 2 atom stereocenters. The third-order valence-corrected chi connectivity index (χ3v) is 4.22. The number of aromatic nitrogens is 4. The van der Waals surface area contributed by atoms with Crippen molar-refractivity contribution in [3.05, 3.63) is 66.2 Å². The molecule has 0 aliphatic rings. The summed E-state index contributed by atoms with van der Waals surface area (Å²) in [6.07, 6.45) is 0.577. The third kappa shape index (κ3) is 4.68. The van der Waals surface area contributed by atoms with Gasteiger partial charge in [-0.25, -0.2) is 0 Å². The van der Waals surface area contributed by atoms with E-state index in [0.29, 0.717) is 18.9 Å². The molecule has 0 saturated heterocycles. The number of carbonyl (C=O) groups is 1. The maximum Gasteiger partial charge on any atom is 0.248 e. The molecule has 8 heteroatoms. The van der Waals surface area contributed by atoms with Crippen molar-refractivity contribution in [2.75, 3.05) is 11.9 Å². The highest BCUT2D eigenvalue weighted by atomic mass is 16.2. The first-order chi connectivity index (χ1) is 13.2. The van der Waals surface area contributed by atoms with Crippen molar-refractivity contribution < 1.29 is 4.79 Å². The number of amides is 1. The Labute approximate surface area is 157 Å². The Balaban J connectivity index is 1.62. The van der Waals surface area contributed by atoms with E-state index < -0.39 is 6.04 Å². The molecule has 0 bridgehead atoms. The van der Waals surface area contributed by atoms with Gasteiger partial charge in [0.1, 0.15) is 6.04 Å². The van der Waals surface area contributed by atoms with Gasteiger partial charge in [-0.3, -0.25) is 4.79 Å². The summed E-state index contributed by atoms with van der Waals surface area (Å²) in [4.78, 5) is 12.6. The van der Waals surface area contributed by atoms with E-state index in [1.807, 2.05) is 67.6 Å². The van der Waals surface area contributed by atoms with Gasteiger partial charge in [0.05, 0.1) is 5.69 Å². The highest BCUT2D eigenvalue weighted by Gasteiger charge is 2.20. The Morgan fingerprint density at radius 2 is 1.78 bits per heavy atom. The molecule has 0 fully saturated rings. The fourth-order valence-corrected chi connectivity index (χ4v) is 2.68. The van der Waals surface area contributed by atoms with Crippen LogP contribution in [-0.2, 0) is 4.79 Å². The van der Waals surface area contributed by atoms with Crippen molar-refractivity contribution in [2.24, 2.45) is 5.73 Å². The molecule has 0 aliphatic heterocycles. The number of benzene rings is 2. The maximum absolute atomic E-state index is 12.6. The van der Waals surface area contributed by atoms with Crippen LogP contribution in [0.3, 0.4) is 0 Å². The Morgan fingerprint density at radius 1 is 1.11 bits per heavy atom. The second-order valence-electron chi connectivity index (χ2n) is 6.12. The molecule has 8 nitrogen and oxygen atoms in total. The average Bonchev–Trinajstić information content (AvgIpc) is 3.19. The molecule has 3 rings (SSSR count). The number of hydrogen-bond donors (Lipinski definition) is 3. The standard InChI is InChI=1S/C19H23N7O/c1-2-17(18(27)21-13-16(20)14-9-5-3-6-10-14)22-19-23-24-25-26(19)15-11-7-4-8-12-15/h3-12,16-17H,2,13,20H2,1H3,(H,21,27)(H,22,23,25). The summed E-state index contributed by atoms with van der Waals surface area (Å²) in [6.45, 7) is 2.27. The summed E-state index contributed by atoms with van der Waals surface area (Å²) in [6, 6.07) is 18.4. The zero-order valence-electron chi connectivity index (χ0n) is 15.1. The van der Waals surface area contributed by atoms with Crippen LogP contribution in [0.5, 0.6) is 0 Å². The van der Waals surface area contributed by atoms with E-state index in [1.54, 1.807) is 4.68 Å². The fraction of sp³-hybridized carbons (Fsp3) is 0.263. The second kappa shape index (κ2) is 8.91. The summed E-state index contributed by atoms with van der Waals surface area (Å²) in [7, 11) is 0. The maximum atomic E-state index is 12.6. The molecule has 1 amide bonds. The minimum absolute atomic E-state index is 0.147. The first-order valence-corrected chi connectivity index (χ1v) is 8.87. The quantitative estimate of drug-likeness (QED) is 0.560. The van der Waals surface area contributed by atoms with Gasteiger partial charge in [-0.05, 0) is 34.5 Å². The van der Waals surface area contributed by atoms with Crippen LogP contribution in [0.4, 0.5) is 5.95 Å². The lowest BCUT2D eigenvalue weighted by Gasteiger charge is -2.19. The van der Waals surface area contributed by atoms with E-state index in [1.165, 1.54) is 0 Å². The van der Waals surface area contributed by atoms with Crippen molar-refractivity contribution in [1.29, 1.82) is 0 Å². The monoisotopic (exact) mass is 365 g/mol. The first-order valence-electron chi connectivity index (χ1n) is 8.87. The number of rotatable bonds is 8. The number of nitrogens with zero attached hydrogens (tertiary/aromatic N) is 4.